The number of nitro groups is 1. The van der Waals surface area contributed by atoms with Crippen LogP contribution in [0.2, 0.25) is 0 Å². The molecule has 134 valence electrons. The zero-order chi connectivity index (χ0) is 18.4. The summed E-state index contributed by atoms with van der Waals surface area (Å²) in [7, 11) is 1.55. The minimum absolute atomic E-state index is 0.00242. The van der Waals surface area contributed by atoms with Gasteiger partial charge in [0.1, 0.15) is 5.54 Å². The van der Waals surface area contributed by atoms with E-state index in [2.05, 4.69) is 10.6 Å². The molecule has 0 aromatic heterocycles. The summed E-state index contributed by atoms with van der Waals surface area (Å²) >= 11 is 0. The van der Waals surface area contributed by atoms with E-state index < -0.39 is 10.5 Å². The summed E-state index contributed by atoms with van der Waals surface area (Å²) in [5.41, 5.74) is 0.575. The maximum atomic E-state index is 12.8. The van der Waals surface area contributed by atoms with E-state index in [0.29, 0.717) is 13.0 Å². The van der Waals surface area contributed by atoms with Crippen LogP contribution < -0.4 is 10.6 Å². The molecule has 1 heterocycles. The van der Waals surface area contributed by atoms with Crippen LogP contribution in [0.3, 0.4) is 0 Å². The van der Waals surface area contributed by atoms with E-state index in [4.69, 9.17) is 0 Å². The van der Waals surface area contributed by atoms with Crippen LogP contribution >= 0.6 is 0 Å². The van der Waals surface area contributed by atoms with Gasteiger partial charge in [0, 0.05) is 38.6 Å². The van der Waals surface area contributed by atoms with Crippen molar-refractivity contribution in [2.45, 2.75) is 38.3 Å². The SMILES string of the molecule is CNC(=O)C1(N2C[C@@H](C(C)C)NC2=O)Cc2ccc([N+](=O)[O-])cc2C1. The number of hydrogen-bond acceptors (Lipinski definition) is 4. The highest BCUT2D eigenvalue weighted by molar-refractivity contribution is 5.93. The van der Waals surface area contributed by atoms with Crippen LogP contribution in [0, 0.1) is 16.0 Å². The van der Waals surface area contributed by atoms with Crippen molar-refractivity contribution >= 4 is 17.6 Å². The molecule has 0 saturated carbocycles. The largest absolute Gasteiger partial charge is 0.357 e. The average molecular weight is 346 g/mol. The van der Waals surface area contributed by atoms with Gasteiger partial charge in [-0.25, -0.2) is 4.79 Å². The number of amides is 3. The molecule has 1 unspecified atom stereocenters. The number of rotatable bonds is 4. The Balaban J connectivity index is 1.98. The zero-order valence-corrected chi connectivity index (χ0v) is 14.5. The highest BCUT2D eigenvalue weighted by atomic mass is 16.6. The van der Waals surface area contributed by atoms with Crippen LogP contribution in [0.15, 0.2) is 18.2 Å². The summed E-state index contributed by atoms with van der Waals surface area (Å²) in [6.45, 7) is 4.49. The number of urea groups is 1. The predicted octanol–water partition coefficient (Wildman–Crippen LogP) is 1.23. The van der Waals surface area contributed by atoms with Crippen LogP contribution in [0.1, 0.15) is 25.0 Å². The van der Waals surface area contributed by atoms with Gasteiger partial charge in [-0.2, -0.15) is 0 Å². The quantitative estimate of drug-likeness (QED) is 0.632. The van der Waals surface area contributed by atoms with Crippen LogP contribution in [-0.4, -0.2) is 46.9 Å². The molecule has 1 aliphatic heterocycles. The molecule has 1 aliphatic carbocycles. The molecule has 0 bridgehead atoms. The lowest BCUT2D eigenvalue weighted by Gasteiger charge is -2.36. The van der Waals surface area contributed by atoms with Crippen molar-refractivity contribution in [2.24, 2.45) is 5.92 Å². The molecule has 1 fully saturated rings. The Bertz CT molecular complexity index is 748. The molecule has 0 spiro atoms. The average Bonchev–Trinajstić information content (AvgIpc) is 3.14. The summed E-state index contributed by atoms with van der Waals surface area (Å²) in [6.07, 6.45) is 0.639. The maximum Gasteiger partial charge on any atom is 0.318 e. The van der Waals surface area contributed by atoms with E-state index in [1.165, 1.54) is 12.1 Å². The lowest BCUT2D eigenvalue weighted by molar-refractivity contribution is -0.384. The monoisotopic (exact) mass is 346 g/mol. The first-order chi connectivity index (χ1) is 11.8. The number of fused-ring (bicyclic) bond motifs is 1. The van der Waals surface area contributed by atoms with Crippen molar-refractivity contribution in [3.8, 4) is 0 Å². The van der Waals surface area contributed by atoms with Gasteiger partial charge in [-0.15, -0.1) is 0 Å². The summed E-state index contributed by atoms with van der Waals surface area (Å²) in [6, 6.07) is 4.36. The van der Waals surface area contributed by atoms with Gasteiger partial charge in [0.15, 0.2) is 0 Å². The van der Waals surface area contributed by atoms with Gasteiger partial charge in [-0.1, -0.05) is 19.9 Å². The van der Waals surface area contributed by atoms with Gasteiger partial charge in [-0.3, -0.25) is 14.9 Å². The maximum absolute atomic E-state index is 12.8. The second kappa shape index (κ2) is 6.02. The molecular formula is C17H22N4O4. The lowest BCUT2D eigenvalue weighted by Crippen LogP contribution is -2.60. The van der Waals surface area contributed by atoms with Crippen LogP contribution in [-0.2, 0) is 17.6 Å². The molecule has 1 aromatic carbocycles. The van der Waals surface area contributed by atoms with Crippen molar-refractivity contribution < 1.29 is 14.5 Å². The molecule has 1 saturated heterocycles. The number of nitrogens with zero attached hydrogens (tertiary/aromatic N) is 2. The van der Waals surface area contributed by atoms with Crippen molar-refractivity contribution in [1.29, 1.82) is 0 Å². The normalized spacial score (nSPS) is 25.0. The first kappa shape index (κ1) is 17.2. The molecule has 25 heavy (non-hydrogen) atoms. The smallest absolute Gasteiger partial charge is 0.318 e. The fourth-order valence-electron chi connectivity index (χ4n) is 3.77. The molecule has 2 aliphatic rings. The number of non-ortho nitro benzene ring substituents is 1. The topological polar surface area (TPSA) is 105 Å². The molecule has 0 radical (unpaired) electrons. The number of nitrogens with one attached hydrogen (secondary N) is 2. The number of benzene rings is 1. The van der Waals surface area contributed by atoms with Gasteiger partial charge in [0.05, 0.1) is 11.0 Å². The van der Waals surface area contributed by atoms with E-state index in [0.717, 1.165) is 11.1 Å². The second-order valence-electron chi connectivity index (χ2n) is 7.08. The van der Waals surface area contributed by atoms with Gasteiger partial charge in [-0.05, 0) is 17.0 Å². The number of carbonyl (C=O) groups is 2. The third-order valence-electron chi connectivity index (χ3n) is 5.27. The van der Waals surface area contributed by atoms with Crippen LogP contribution in [0.4, 0.5) is 10.5 Å². The summed E-state index contributed by atoms with van der Waals surface area (Å²) in [5, 5.41) is 16.6. The van der Waals surface area contributed by atoms with Gasteiger partial charge >= 0.3 is 6.03 Å². The van der Waals surface area contributed by atoms with E-state index in [1.54, 1.807) is 18.0 Å². The predicted molar refractivity (Wildman–Crippen MR) is 91.2 cm³/mol. The third kappa shape index (κ3) is 2.71. The van der Waals surface area contributed by atoms with Crippen LogP contribution in [0.5, 0.6) is 0 Å². The summed E-state index contributed by atoms with van der Waals surface area (Å²) < 4.78 is 0. The van der Waals surface area contributed by atoms with Crippen molar-refractivity contribution in [3.05, 3.63) is 39.4 Å². The molecule has 2 N–H and O–H groups in total. The van der Waals surface area contributed by atoms with E-state index in [9.17, 15) is 19.7 Å². The molecule has 3 rings (SSSR count). The molecule has 1 aromatic rings. The molecule has 8 nitrogen and oxygen atoms in total. The fourth-order valence-corrected chi connectivity index (χ4v) is 3.77. The first-order valence-corrected chi connectivity index (χ1v) is 8.35. The van der Waals surface area contributed by atoms with Gasteiger partial charge in [0.2, 0.25) is 5.91 Å². The van der Waals surface area contributed by atoms with E-state index in [1.807, 2.05) is 13.8 Å². The number of hydrogen-bond donors (Lipinski definition) is 2. The summed E-state index contributed by atoms with van der Waals surface area (Å²) in [5.74, 6) is 0.00598. The Hall–Kier alpha value is -2.64. The highest BCUT2D eigenvalue weighted by Gasteiger charge is 2.53. The van der Waals surface area contributed by atoms with E-state index in [-0.39, 0.29) is 36.0 Å². The second-order valence-corrected chi connectivity index (χ2v) is 7.08. The Morgan fingerprint density at radius 3 is 2.64 bits per heavy atom. The standard InChI is InChI=1S/C17H22N4O4/c1-10(2)14-9-20(16(23)19-14)17(15(22)18-3)7-11-4-5-13(21(24)25)6-12(11)8-17/h4-6,10,14H,7-9H2,1-3H3,(H,18,22)(H,19,23)/t14-,17?/m0/s1. The minimum atomic E-state index is -1.04. The van der Waals surface area contributed by atoms with Crippen molar-refractivity contribution in [3.63, 3.8) is 0 Å². The molecule has 2 atom stereocenters. The molecular weight excluding hydrogens is 324 g/mol. The Morgan fingerprint density at radius 1 is 1.40 bits per heavy atom. The van der Waals surface area contributed by atoms with E-state index >= 15 is 0 Å². The molecule has 3 amide bonds. The summed E-state index contributed by atoms with van der Waals surface area (Å²) in [4.78, 5) is 37.5. The van der Waals surface area contributed by atoms with Crippen LogP contribution in [0.25, 0.3) is 0 Å². The lowest BCUT2D eigenvalue weighted by atomic mass is 9.91. The van der Waals surface area contributed by atoms with Crippen molar-refractivity contribution in [2.75, 3.05) is 13.6 Å². The Morgan fingerprint density at radius 2 is 2.08 bits per heavy atom. The zero-order valence-electron chi connectivity index (χ0n) is 14.5. The third-order valence-corrected chi connectivity index (χ3v) is 5.27. The first-order valence-electron chi connectivity index (χ1n) is 8.35. The number of nitro benzene ring substituents is 1. The number of likely N-dealkylation sites (N-methyl/N-ethyl adjacent to an activating group) is 1. The highest BCUT2D eigenvalue weighted by Crippen LogP contribution is 2.38. The fraction of sp³-hybridized carbons (Fsp3) is 0.529. The molecule has 8 heteroatoms. The Labute approximate surface area is 145 Å². The van der Waals surface area contributed by atoms with Gasteiger partial charge < -0.3 is 15.5 Å². The minimum Gasteiger partial charge on any atom is -0.357 e. The Kier molecular flexibility index (Phi) is 4.14. The van der Waals surface area contributed by atoms with Gasteiger partial charge in [0.25, 0.3) is 5.69 Å². The number of carbonyl (C=O) groups excluding carboxylic acids is 2. The van der Waals surface area contributed by atoms with Crippen molar-refractivity contribution in [1.82, 2.24) is 15.5 Å².